The van der Waals surface area contributed by atoms with Crippen molar-refractivity contribution >= 4 is 17.4 Å². The van der Waals surface area contributed by atoms with Crippen LogP contribution < -0.4 is 0 Å². The van der Waals surface area contributed by atoms with Crippen LogP contribution in [0.3, 0.4) is 0 Å². The highest BCUT2D eigenvalue weighted by Gasteiger charge is 1.91. The van der Waals surface area contributed by atoms with Gasteiger partial charge in [0.2, 0.25) is 0 Å². The molecule has 0 aliphatic heterocycles. The zero-order chi connectivity index (χ0) is 9.52. The number of azide groups is 1. The second kappa shape index (κ2) is 5.35. The fourth-order valence-corrected chi connectivity index (χ4v) is 1.52. The molecule has 5 heteroatoms. The molecular formula is C8H10N4S. The second-order valence-electron chi connectivity index (χ2n) is 2.45. The normalized spacial score (nSPS) is 10.2. The number of aryl methyl sites for hydroxylation is 1. The molecule has 68 valence electrons. The second-order valence-corrected chi connectivity index (χ2v) is 3.72. The maximum absolute atomic E-state index is 8.01. The lowest BCUT2D eigenvalue weighted by Crippen LogP contribution is -1.72. The fourth-order valence-electron chi connectivity index (χ4n) is 0.810. The van der Waals surface area contributed by atoms with Crippen LogP contribution in [0.25, 0.3) is 16.5 Å². The smallest absolute Gasteiger partial charge is 0.115 e. The van der Waals surface area contributed by atoms with E-state index in [0.717, 1.165) is 11.4 Å². The van der Waals surface area contributed by atoms with Gasteiger partial charge >= 0.3 is 0 Å². The van der Waals surface area contributed by atoms with E-state index in [9.17, 15) is 0 Å². The topological polar surface area (TPSA) is 61.7 Å². The largest absolute Gasteiger partial charge is 0.245 e. The van der Waals surface area contributed by atoms with E-state index in [-0.39, 0.29) is 0 Å². The average molecular weight is 194 g/mol. The molecule has 0 amide bonds. The van der Waals surface area contributed by atoms with Crippen molar-refractivity contribution in [3.05, 3.63) is 32.6 Å². The lowest BCUT2D eigenvalue weighted by Gasteiger charge is -1.83. The SMILES string of the molecule is Cc1cnc(C=CCCN=[N+]=[N-])s1. The van der Waals surface area contributed by atoms with Gasteiger partial charge in [0, 0.05) is 22.5 Å². The van der Waals surface area contributed by atoms with Crippen molar-refractivity contribution in [3.8, 4) is 0 Å². The predicted molar refractivity (Wildman–Crippen MR) is 54.5 cm³/mol. The molecule has 0 N–H and O–H groups in total. The Hall–Kier alpha value is -1.32. The third-order valence-corrected chi connectivity index (χ3v) is 2.24. The Bertz CT molecular complexity index is 336. The van der Waals surface area contributed by atoms with E-state index in [0.29, 0.717) is 6.54 Å². The summed E-state index contributed by atoms with van der Waals surface area (Å²) in [6, 6.07) is 0. The minimum Gasteiger partial charge on any atom is -0.245 e. The summed E-state index contributed by atoms with van der Waals surface area (Å²) in [6.45, 7) is 2.53. The van der Waals surface area contributed by atoms with Crippen LogP contribution in [0.1, 0.15) is 16.3 Å². The molecule has 0 atom stereocenters. The van der Waals surface area contributed by atoms with Crippen molar-refractivity contribution in [2.75, 3.05) is 6.54 Å². The van der Waals surface area contributed by atoms with Crippen LogP contribution in [0.5, 0.6) is 0 Å². The molecule has 0 aliphatic rings. The van der Waals surface area contributed by atoms with Crippen LogP contribution in [-0.4, -0.2) is 11.5 Å². The van der Waals surface area contributed by atoms with E-state index in [1.165, 1.54) is 4.88 Å². The molecule has 0 unspecified atom stereocenters. The zero-order valence-corrected chi connectivity index (χ0v) is 8.16. The van der Waals surface area contributed by atoms with Crippen LogP contribution in [0.15, 0.2) is 17.4 Å². The molecule has 13 heavy (non-hydrogen) atoms. The van der Waals surface area contributed by atoms with Gasteiger partial charge in [0.15, 0.2) is 0 Å². The first-order chi connectivity index (χ1) is 6.33. The van der Waals surface area contributed by atoms with Gasteiger partial charge in [-0.1, -0.05) is 11.2 Å². The van der Waals surface area contributed by atoms with Gasteiger partial charge in [0.05, 0.1) is 0 Å². The summed E-state index contributed by atoms with van der Waals surface area (Å²) in [5.74, 6) is 0. The Kier molecular flexibility index (Phi) is 4.02. The van der Waals surface area contributed by atoms with E-state index in [1.54, 1.807) is 11.3 Å². The van der Waals surface area contributed by atoms with Crippen molar-refractivity contribution in [2.24, 2.45) is 5.11 Å². The minimum absolute atomic E-state index is 0.511. The van der Waals surface area contributed by atoms with Crippen molar-refractivity contribution in [1.82, 2.24) is 4.98 Å². The van der Waals surface area contributed by atoms with Crippen molar-refractivity contribution in [3.63, 3.8) is 0 Å². The molecule has 4 nitrogen and oxygen atoms in total. The van der Waals surface area contributed by atoms with Gasteiger partial charge in [-0.25, -0.2) is 4.98 Å². The Morgan fingerprint density at radius 3 is 3.23 bits per heavy atom. The molecular weight excluding hydrogens is 184 g/mol. The minimum atomic E-state index is 0.511. The summed E-state index contributed by atoms with van der Waals surface area (Å²) < 4.78 is 0. The van der Waals surface area contributed by atoms with Gasteiger partial charge in [0.25, 0.3) is 0 Å². The lowest BCUT2D eigenvalue weighted by atomic mass is 10.4. The molecule has 0 aliphatic carbocycles. The van der Waals surface area contributed by atoms with Crippen molar-refractivity contribution in [2.45, 2.75) is 13.3 Å². The molecule has 0 saturated heterocycles. The third kappa shape index (κ3) is 3.73. The van der Waals surface area contributed by atoms with Gasteiger partial charge in [0.1, 0.15) is 5.01 Å². The summed E-state index contributed by atoms with van der Waals surface area (Å²) >= 11 is 1.65. The highest BCUT2D eigenvalue weighted by atomic mass is 32.1. The highest BCUT2D eigenvalue weighted by molar-refractivity contribution is 7.12. The number of rotatable bonds is 4. The van der Waals surface area contributed by atoms with E-state index in [4.69, 9.17) is 5.53 Å². The molecule has 0 spiro atoms. The summed E-state index contributed by atoms with van der Waals surface area (Å²) in [7, 11) is 0. The number of aromatic nitrogens is 1. The average Bonchev–Trinajstić information content (AvgIpc) is 2.51. The quantitative estimate of drug-likeness (QED) is 0.314. The molecule has 0 fully saturated rings. The zero-order valence-electron chi connectivity index (χ0n) is 7.34. The van der Waals surface area contributed by atoms with Gasteiger partial charge in [-0.3, -0.25) is 0 Å². The fraction of sp³-hybridized carbons (Fsp3) is 0.375. The first-order valence-electron chi connectivity index (χ1n) is 3.93. The van der Waals surface area contributed by atoms with Crippen LogP contribution in [0, 0.1) is 6.92 Å². The van der Waals surface area contributed by atoms with Gasteiger partial charge in [-0.15, -0.1) is 11.3 Å². The van der Waals surface area contributed by atoms with Gasteiger partial charge in [-0.2, -0.15) is 0 Å². The van der Waals surface area contributed by atoms with Crippen molar-refractivity contribution in [1.29, 1.82) is 0 Å². The third-order valence-electron chi connectivity index (χ3n) is 1.36. The lowest BCUT2D eigenvalue weighted by molar-refractivity contribution is 0.995. The molecule has 1 heterocycles. The van der Waals surface area contributed by atoms with Crippen molar-refractivity contribution < 1.29 is 0 Å². The van der Waals surface area contributed by atoms with E-state index >= 15 is 0 Å². The highest BCUT2D eigenvalue weighted by Crippen LogP contribution is 2.12. The van der Waals surface area contributed by atoms with Crippen LogP contribution >= 0.6 is 11.3 Å². The molecule has 1 rings (SSSR count). The monoisotopic (exact) mass is 194 g/mol. The Balaban J connectivity index is 2.36. The maximum atomic E-state index is 8.01. The Morgan fingerprint density at radius 1 is 1.77 bits per heavy atom. The Morgan fingerprint density at radius 2 is 2.62 bits per heavy atom. The first-order valence-corrected chi connectivity index (χ1v) is 4.74. The van der Waals surface area contributed by atoms with E-state index < -0.39 is 0 Å². The van der Waals surface area contributed by atoms with Gasteiger partial charge < -0.3 is 0 Å². The summed E-state index contributed by atoms with van der Waals surface area (Å²) in [5.41, 5.74) is 8.01. The van der Waals surface area contributed by atoms with E-state index in [2.05, 4.69) is 15.0 Å². The van der Waals surface area contributed by atoms with Gasteiger partial charge in [-0.05, 0) is 25.0 Å². The van der Waals surface area contributed by atoms with Crippen LogP contribution in [0.4, 0.5) is 0 Å². The molecule has 1 aromatic rings. The number of nitrogens with zero attached hydrogens (tertiary/aromatic N) is 4. The van der Waals surface area contributed by atoms with Crippen LogP contribution in [0.2, 0.25) is 0 Å². The first kappa shape index (κ1) is 9.77. The number of hydrogen-bond acceptors (Lipinski definition) is 3. The molecule has 0 radical (unpaired) electrons. The van der Waals surface area contributed by atoms with E-state index in [1.807, 2.05) is 25.3 Å². The predicted octanol–water partition coefficient (Wildman–Crippen LogP) is 3.17. The summed E-state index contributed by atoms with van der Waals surface area (Å²) in [6.07, 6.45) is 6.53. The number of thiazole rings is 1. The molecule has 0 bridgehead atoms. The molecule has 1 aromatic heterocycles. The molecule has 0 saturated carbocycles. The van der Waals surface area contributed by atoms with Crippen LogP contribution in [-0.2, 0) is 0 Å². The number of hydrogen-bond donors (Lipinski definition) is 0. The maximum Gasteiger partial charge on any atom is 0.115 e. The molecule has 0 aromatic carbocycles. The Labute approximate surface area is 80.6 Å². The summed E-state index contributed by atoms with van der Waals surface area (Å²) in [4.78, 5) is 8.03. The summed E-state index contributed by atoms with van der Waals surface area (Å²) in [5, 5.41) is 4.42. The standard InChI is InChI=1S/C8H10N4S/c1-7-6-10-8(13-7)4-2-3-5-11-12-9/h2,4,6H,3,5H2,1H3.